The summed E-state index contributed by atoms with van der Waals surface area (Å²) in [6.07, 6.45) is 2.73. The molecule has 1 N–H and O–H groups in total. The number of nitrogens with zero attached hydrogens (tertiary/aromatic N) is 1. The van der Waals surface area contributed by atoms with Crippen molar-refractivity contribution in [2.45, 2.75) is 26.4 Å². The first-order chi connectivity index (χ1) is 10.8. The molecule has 0 bridgehead atoms. The minimum absolute atomic E-state index is 0.280. The van der Waals surface area contributed by atoms with Crippen LogP contribution in [0.4, 0.5) is 9.80 Å². The minimum Gasteiger partial charge on any atom is -0.465 e. The number of anilines is 1. The van der Waals surface area contributed by atoms with E-state index < -0.39 is 17.7 Å². The van der Waals surface area contributed by atoms with E-state index in [4.69, 9.17) is 9.47 Å². The maximum absolute atomic E-state index is 11.9. The first kappa shape index (κ1) is 17.0. The van der Waals surface area contributed by atoms with Crippen molar-refractivity contribution < 1.29 is 19.1 Å². The number of amides is 1. The Morgan fingerprint density at radius 2 is 2.04 bits per heavy atom. The van der Waals surface area contributed by atoms with Gasteiger partial charge >= 0.3 is 12.1 Å². The lowest BCUT2D eigenvalue weighted by atomic mass is 10.2. The maximum Gasteiger partial charge on any atom is 0.412 e. The Balaban J connectivity index is 2.32. The van der Waals surface area contributed by atoms with Gasteiger partial charge in [-0.15, -0.1) is 11.3 Å². The maximum atomic E-state index is 11.9. The van der Waals surface area contributed by atoms with Crippen LogP contribution in [0.15, 0.2) is 30.6 Å². The highest BCUT2D eigenvalue weighted by Gasteiger charge is 2.22. The number of nitrogens with one attached hydrogen (secondary N) is 1. The Kier molecular flexibility index (Phi) is 5.00. The van der Waals surface area contributed by atoms with E-state index in [-0.39, 0.29) is 5.56 Å². The number of esters is 1. The van der Waals surface area contributed by atoms with Gasteiger partial charge in [0.2, 0.25) is 0 Å². The van der Waals surface area contributed by atoms with Gasteiger partial charge in [-0.1, -0.05) is 6.07 Å². The summed E-state index contributed by atoms with van der Waals surface area (Å²) in [5, 5.41) is 2.99. The van der Waals surface area contributed by atoms with E-state index in [2.05, 4.69) is 10.3 Å². The quantitative estimate of drug-likeness (QED) is 0.860. The lowest BCUT2D eigenvalue weighted by Crippen LogP contribution is -2.27. The number of carbonyl (C=O) groups is 2. The summed E-state index contributed by atoms with van der Waals surface area (Å²) in [6, 6.07) is 5.34. The van der Waals surface area contributed by atoms with E-state index in [1.54, 1.807) is 45.3 Å². The van der Waals surface area contributed by atoms with Crippen molar-refractivity contribution in [3.8, 4) is 10.4 Å². The number of hydrogen-bond donors (Lipinski definition) is 1. The molecule has 0 aliphatic rings. The van der Waals surface area contributed by atoms with Crippen LogP contribution in [-0.4, -0.2) is 29.8 Å². The van der Waals surface area contributed by atoms with E-state index >= 15 is 0 Å². The molecule has 2 aromatic rings. The topological polar surface area (TPSA) is 77.5 Å². The first-order valence-corrected chi connectivity index (χ1v) is 7.74. The molecule has 0 radical (unpaired) electrons. The molecule has 2 rings (SSSR count). The predicted octanol–water partition coefficient (Wildman–Crippen LogP) is 3.94. The molecule has 1 amide bonds. The molecule has 0 unspecified atom stereocenters. The molecule has 7 heteroatoms. The number of aromatic nitrogens is 1. The number of hydrogen-bond acceptors (Lipinski definition) is 6. The highest BCUT2D eigenvalue weighted by atomic mass is 32.1. The number of rotatable bonds is 3. The molecule has 122 valence electrons. The van der Waals surface area contributed by atoms with Crippen molar-refractivity contribution in [3.05, 3.63) is 36.2 Å². The molecule has 23 heavy (non-hydrogen) atoms. The van der Waals surface area contributed by atoms with Crippen LogP contribution in [0.5, 0.6) is 0 Å². The molecule has 6 nitrogen and oxygen atoms in total. The first-order valence-electron chi connectivity index (χ1n) is 6.92. The molecule has 0 spiro atoms. The van der Waals surface area contributed by atoms with Crippen LogP contribution >= 0.6 is 11.3 Å². The van der Waals surface area contributed by atoms with Gasteiger partial charge in [-0.25, -0.2) is 9.59 Å². The Labute approximate surface area is 138 Å². The van der Waals surface area contributed by atoms with Gasteiger partial charge in [-0.05, 0) is 32.9 Å². The fraction of sp³-hybridized carbons (Fsp3) is 0.312. The SMILES string of the molecule is COC(=O)c1cc(-c2cccnc2)sc1NC(=O)OC(C)(C)C. The van der Waals surface area contributed by atoms with Crippen molar-refractivity contribution in [2.75, 3.05) is 12.4 Å². The molecule has 0 saturated heterocycles. The molecule has 0 fully saturated rings. The van der Waals surface area contributed by atoms with Gasteiger partial charge in [0.05, 0.1) is 12.7 Å². The van der Waals surface area contributed by atoms with Gasteiger partial charge in [-0.2, -0.15) is 0 Å². The monoisotopic (exact) mass is 334 g/mol. The van der Waals surface area contributed by atoms with Crippen LogP contribution in [0.25, 0.3) is 10.4 Å². The van der Waals surface area contributed by atoms with E-state index in [0.717, 1.165) is 10.4 Å². The summed E-state index contributed by atoms with van der Waals surface area (Å²) in [7, 11) is 1.29. The highest BCUT2D eigenvalue weighted by Crippen LogP contribution is 2.35. The average molecular weight is 334 g/mol. The molecule has 0 aliphatic heterocycles. The Morgan fingerprint density at radius 1 is 1.30 bits per heavy atom. The van der Waals surface area contributed by atoms with E-state index in [1.165, 1.54) is 18.4 Å². The fourth-order valence-electron chi connectivity index (χ4n) is 1.79. The van der Waals surface area contributed by atoms with Gasteiger partial charge in [-0.3, -0.25) is 10.3 Å². The average Bonchev–Trinajstić information content (AvgIpc) is 2.89. The van der Waals surface area contributed by atoms with E-state index in [0.29, 0.717) is 5.00 Å². The minimum atomic E-state index is -0.626. The van der Waals surface area contributed by atoms with Gasteiger partial charge < -0.3 is 9.47 Å². The van der Waals surface area contributed by atoms with Crippen LogP contribution in [0, 0.1) is 0 Å². The lowest BCUT2D eigenvalue weighted by molar-refractivity contribution is 0.0602. The van der Waals surface area contributed by atoms with Crippen LogP contribution < -0.4 is 5.32 Å². The fourth-order valence-corrected chi connectivity index (χ4v) is 2.81. The molecule has 0 atom stereocenters. The van der Waals surface area contributed by atoms with Crippen LogP contribution in [0.3, 0.4) is 0 Å². The summed E-state index contributed by atoms with van der Waals surface area (Å²) < 4.78 is 9.99. The van der Waals surface area contributed by atoms with Gasteiger partial charge in [0, 0.05) is 22.8 Å². The number of ether oxygens (including phenoxy) is 2. The highest BCUT2D eigenvalue weighted by molar-refractivity contribution is 7.20. The zero-order valence-corrected chi connectivity index (χ0v) is 14.2. The lowest BCUT2D eigenvalue weighted by Gasteiger charge is -2.19. The van der Waals surface area contributed by atoms with Gasteiger partial charge in [0.15, 0.2) is 0 Å². The molecule has 0 aliphatic carbocycles. The predicted molar refractivity (Wildman–Crippen MR) is 88.7 cm³/mol. The van der Waals surface area contributed by atoms with Crippen molar-refractivity contribution in [1.29, 1.82) is 0 Å². The van der Waals surface area contributed by atoms with Crippen LogP contribution in [0.2, 0.25) is 0 Å². The molecule has 0 aromatic carbocycles. The number of methoxy groups -OCH3 is 1. The largest absolute Gasteiger partial charge is 0.465 e. The van der Waals surface area contributed by atoms with Crippen molar-refractivity contribution in [2.24, 2.45) is 0 Å². The third-order valence-corrected chi connectivity index (χ3v) is 3.80. The summed E-state index contributed by atoms with van der Waals surface area (Å²) >= 11 is 1.26. The van der Waals surface area contributed by atoms with Crippen molar-refractivity contribution >= 4 is 28.4 Å². The van der Waals surface area contributed by atoms with Crippen LogP contribution in [-0.2, 0) is 9.47 Å². The number of pyridine rings is 1. The number of thiophene rings is 1. The second-order valence-corrected chi connectivity index (χ2v) is 6.77. The molecular weight excluding hydrogens is 316 g/mol. The summed E-state index contributed by atoms with van der Waals surface area (Å²) in [4.78, 5) is 28.7. The Hall–Kier alpha value is -2.41. The van der Waals surface area contributed by atoms with Crippen molar-refractivity contribution in [1.82, 2.24) is 4.98 Å². The summed E-state index contributed by atoms with van der Waals surface area (Å²) in [5.41, 5.74) is 0.501. The molecule has 2 heterocycles. The molecule has 2 aromatic heterocycles. The van der Waals surface area contributed by atoms with Crippen molar-refractivity contribution in [3.63, 3.8) is 0 Å². The standard InChI is InChI=1S/C16H18N2O4S/c1-16(2,3)22-15(20)18-13-11(14(19)21-4)8-12(23-13)10-6-5-7-17-9-10/h5-9H,1-4H3,(H,18,20). The normalized spacial score (nSPS) is 11.0. The Morgan fingerprint density at radius 3 is 2.61 bits per heavy atom. The number of carbonyl (C=O) groups excluding carboxylic acids is 2. The van der Waals surface area contributed by atoms with Gasteiger partial charge in [0.1, 0.15) is 10.6 Å². The summed E-state index contributed by atoms with van der Waals surface area (Å²) in [5.74, 6) is -0.526. The van der Waals surface area contributed by atoms with E-state index in [9.17, 15) is 9.59 Å². The second kappa shape index (κ2) is 6.78. The second-order valence-electron chi connectivity index (χ2n) is 5.71. The third-order valence-electron chi connectivity index (χ3n) is 2.70. The Bertz CT molecular complexity index is 705. The zero-order valence-electron chi connectivity index (χ0n) is 13.4. The summed E-state index contributed by atoms with van der Waals surface area (Å²) in [6.45, 7) is 5.30. The molecular formula is C16H18N2O4S. The van der Waals surface area contributed by atoms with E-state index in [1.807, 2.05) is 6.07 Å². The van der Waals surface area contributed by atoms with Gasteiger partial charge in [0.25, 0.3) is 0 Å². The third kappa shape index (κ3) is 4.53. The zero-order chi connectivity index (χ0) is 17.0. The smallest absolute Gasteiger partial charge is 0.412 e. The molecule has 0 saturated carbocycles. The van der Waals surface area contributed by atoms with Crippen LogP contribution in [0.1, 0.15) is 31.1 Å².